The number of allylic oxidation sites excluding steroid dienone is 1. The Hall–Kier alpha value is -0.560. The van der Waals surface area contributed by atoms with Crippen LogP contribution in [-0.2, 0) is 0 Å². The average Bonchev–Trinajstić information content (AvgIpc) is 2.44. The summed E-state index contributed by atoms with van der Waals surface area (Å²) in [6.45, 7) is 20.0. The summed E-state index contributed by atoms with van der Waals surface area (Å²) in [7, 11) is 0. The fourth-order valence-corrected chi connectivity index (χ4v) is 6.21. The third-order valence-electron chi connectivity index (χ3n) is 7.28. The zero-order chi connectivity index (χ0) is 17.5. The summed E-state index contributed by atoms with van der Waals surface area (Å²) >= 11 is 0. The maximum Gasteiger partial charge on any atom is 0.0797 e. The van der Waals surface area contributed by atoms with Gasteiger partial charge in [-0.1, -0.05) is 58.8 Å². The zero-order valence-corrected chi connectivity index (χ0v) is 16.1. The average molecular weight is 319 g/mol. The molecular weight excluding hydrogens is 280 g/mol. The lowest BCUT2D eigenvalue weighted by atomic mass is 9.44. The molecule has 0 heterocycles. The van der Waals surface area contributed by atoms with Crippen molar-refractivity contribution in [1.82, 2.24) is 0 Å². The van der Waals surface area contributed by atoms with Crippen molar-refractivity contribution >= 4 is 0 Å². The molecule has 0 aromatic carbocycles. The highest BCUT2D eigenvalue weighted by Gasteiger charge is 2.55. The van der Waals surface area contributed by atoms with Crippen molar-refractivity contribution in [2.45, 2.75) is 85.2 Å². The van der Waals surface area contributed by atoms with Gasteiger partial charge in [0.15, 0.2) is 0 Å². The Morgan fingerprint density at radius 1 is 1.30 bits per heavy atom. The molecule has 0 aromatic rings. The molecule has 2 rings (SSSR count). The first-order valence-corrected chi connectivity index (χ1v) is 9.61. The fourth-order valence-electron chi connectivity index (χ4n) is 6.21. The second kappa shape index (κ2) is 6.39. The number of rotatable bonds is 5. The smallest absolute Gasteiger partial charge is 0.0797 e. The van der Waals surface area contributed by atoms with E-state index in [0.29, 0.717) is 16.7 Å². The molecule has 5 unspecified atom stereocenters. The van der Waals surface area contributed by atoms with E-state index in [2.05, 4.69) is 40.9 Å². The summed E-state index contributed by atoms with van der Waals surface area (Å²) in [6, 6.07) is 0. The van der Waals surface area contributed by atoms with Crippen LogP contribution in [0.25, 0.3) is 0 Å². The van der Waals surface area contributed by atoms with Gasteiger partial charge in [0.1, 0.15) is 0 Å². The minimum absolute atomic E-state index is 0.342. The monoisotopic (exact) mass is 318 g/mol. The van der Waals surface area contributed by atoms with E-state index in [-0.39, 0.29) is 0 Å². The molecule has 2 saturated carbocycles. The van der Waals surface area contributed by atoms with Crippen LogP contribution < -0.4 is 0 Å². The molecule has 1 N–H and O–H groups in total. The summed E-state index contributed by atoms with van der Waals surface area (Å²) in [5.74, 6) is 2.10. The predicted octanol–water partition coefficient (Wildman–Crippen LogP) is 6.14. The zero-order valence-electron chi connectivity index (χ0n) is 16.1. The van der Waals surface area contributed by atoms with E-state index in [1.54, 1.807) is 6.08 Å². The molecule has 0 aromatic heterocycles. The number of hydrogen-bond donors (Lipinski definition) is 1. The van der Waals surface area contributed by atoms with Crippen molar-refractivity contribution in [3.05, 3.63) is 24.8 Å². The van der Waals surface area contributed by atoms with Crippen LogP contribution in [0.2, 0.25) is 0 Å². The first-order valence-electron chi connectivity index (χ1n) is 9.61. The topological polar surface area (TPSA) is 20.2 Å². The molecule has 23 heavy (non-hydrogen) atoms. The van der Waals surface area contributed by atoms with E-state index in [1.807, 2.05) is 6.92 Å². The summed E-state index contributed by atoms with van der Waals surface area (Å²) in [5, 5.41) is 10.4. The van der Waals surface area contributed by atoms with E-state index in [0.717, 1.165) is 24.7 Å². The molecular formula is C22H38O. The SMILES string of the molecule is C=CC(C)(O)CCC1C(=C)CC(CC)C2C(C)(C)CCCC12C. The van der Waals surface area contributed by atoms with E-state index in [4.69, 9.17) is 0 Å². The van der Waals surface area contributed by atoms with Gasteiger partial charge in [0, 0.05) is 0 Å². The highest BCUT2D eigenvalue weighted by atomic mass is 16.3. The fraction of sp³-hybridized carbons (Fsp3) is 0.818. The van der Waals surface area contributed by atoms with E-state index < -0.39 is 5.60 Å². The van der Waals surface area contributed by atoms with E-state index in [9.17, 15) is 5.11 Å². The van der Waals surface area contributed by atoms with Crippen LogP contribution in [0.1, 0.15) is 79.6 Å². The Kier molecular flexibility index (Phi) is 5.22. The maximum absolute atomic E-state index is 10.4. The van der Waals surface area contributed by atoms with Gasteiger partial charge in [-0.25, -0.2) is 0 Å². The molecule has 0 bridgehead atoms. The molecule has 2 aliphatic carbocycles. The van der Waals surface area contributed by atoms with Crippen LogP contribution in [0, 0.1) is 28.6 Å². The van der Waals surface area contributed by atoms with Gasteiger partial charge in [-0.2, -0.15) is 0 Å². The standard InChI is InChI=1S/C22H38O/c1-8-17-15-16(3)18(11-14-21(6,23)9-2)22(7)13-10-12-20(4,5)19(17)22/h9,17-19,23H,2-3,8,10-15H2,1,4-7H3. The van der Waals surface area contributed by atoms with E-state index in [1.165, 1.54) is 37.7 Å². The third-order valence-corrected chi connectivity index (χ3v) is 7.28. The van der Waals surface area contributed by atoms with Crippen LogP contribution in [0.15, 0.2) is 24.8 Å². The lowest BCUT2D eigenvalue weighted by molar-refractivity contribution is -0.0917. The molecule has 0 radical (unpaired) electrons. The van der Waals surface area contributed by atoms with Gasteiger partial charge < -0.3 is 5.11 Å². The van der Waals surface area contributed by atoms with Gasteiger partial charge in [-0.05, 0) is 67.6 Å². The highest BCUT2D eigenvalue weighted by Crippen LogP contribution is 2.64. The van der Waals surface area contributed by atoms with Crippen LogP contribution in [-0.4, -0.2) is 10.7 Å². The van der Waals surface area contributed by atoms with Gasteiger partial charge in [-0.15, -0.1) is 6.58 Å². The summed E-state index contributed by atoms with van der Waals surface area (Å²) in [6.07, 6.45) is 9.97. The molecule has 2 fully saturated rings. The molecule has 0 saturated heterocycles. The Balaban J connectivity index is 2.31. The van der Waals surface area contributed by atoms with Crippen LogP contribution >= 0.6 is 0 Å². The molecule has 132 valence electrons. The van der Waals surface area contributed by atoms with Crippen molar-refractivity contribution in [2.24, 2.45) is 28.6 Å². The van der Waals surface area contributed by atoms with Crippen molar-refractivity contribution in [2.75, 3.05) is 0 Å². The molecule has 5 atom stereocenters. The quantitative estimate of drug-likeness (QED) is 0.604. The van der Waals surface area contributed by atoms with Crippen molar-refractivity contribution < 1.29 is 5.11 Å². The van der Waals surface area contributed by atoms with Crippen LogP contribution in [0.3, 0.4) is 0 Å². The van der Waals surface area contributed by atoms with Gasteiger partial charge in [0.25, 0.3) is 0 Å². The molecule has 1 nitrogen and oxygen atoms in total. The minimum Gasteiger partial charge on any atom is -0.386 e. The Labute approximate surface area is 144 Å². The molecule has 0 amide bonds. The molecule has 2 aliphatic rings. The van der Waals surface area contributed by atoms with Crippen molar-refractivity contribution in [1.29, 1.82) is 0 Å². The molecule has 0 aliphatic heterocycles. The Bertz CT molecular complexity index is 459. The largest absolute Gasteiger partial charge is 0.386 e. The summed E-state index contributed by atoms with van der Waals surface area (Å²) in [5.41, 5.74) is 1.45. The first kappa shape index (κ1) is 18.8. The molecule has 1 heteroatoms. The Morgan fingerprint density at radius 2 is 1.96 bits per heavy atom. The van der Waals surface area contributed by atoms with Crippen LogP contribution in [0.4, 0.5) is 0 Å². The highest BCUT2D eigenvalue weighted by molar-refractivity contribution is 5.18. The Morgan fingerprint density at radius 3 is 2.52 bits per heavy atom. The minimum atomic E-state index is -0.752. The van der Waals surface area contributed by atoms with Gasteiger partial charge in [0.2, 0.25) is 0 Å². The normalized spacial score (nSPS) is 39.4. The van der Waals surface area contributed by atoms with Gasteiger partial charge in [-0.3, -0.25) is 0 Å². The number of aliphatic hydroxyl groups is 1. The summed E-state index contributed by atoms with van der Waals surface area (Å²) in [4.78, 5) is 0. The third kappa shape index (κ3) is 3.45. The predicted molar refractivity (Wildman–Crippen MR) is 100 cm³/mol. The summed E-state index contributed by atoms with van der Waals surface area (Å²) < 4.78 is 0. The first-order chi connectivity index (χ1) is 10.6. The van der Waals surface area contributed by atoms with Crippen molar-refractivity contribution in [3.8, 4) is 0 Å². The van der Waals surface area contributed by atoms with Gasteiger partial charge >= 0.3 is 0 Å². The second-order valence-corrected chi connectivity index (χ2v) is 9.51. The maximum atomic E-state index is 10.4. The lowest BCUT2D eigenvalue weighted by Crippen LogP contribution is -2.53. The number of fused-ring (bicyclic) bond motifs is 1. The van der Waals surface area contributed by atoms with Gasteiger partial charge in [0.05, 0.1) is 5.60 Å². The lowest BCUT2D eigenvalue weighted by Gasteiger charge is -2.61. The number of hydrogen-bond acceptors (Lipinski definition) is 1. The second-order valence-electron chi connectivity index (χ2n) is 9.51. The van der Waals surface area contributed by atoms with E-state index >= 15 is 0 Å². The van der Waals surface area contributed by atoms with Crippen molar-refractivity contribution in [3.63, 3.8) is 0 Å². The molecule has 0 spiro atoms. The van der Waals surface area contributed by atoms with Crippen LogP contribution in [0.5, 0.6) is 0 Å².